The van der Waals surface area contributed by atoms with Crippen LogP contribution in [0.15, 0.2) is 0 Å². The Kier molecular flexibility index (Phi) is 25.6. The third-order valence-corrected chi connectivity index (χ3v) is 14.8. The van der Waals surface area contributed by atoms with Gasteiger partial charge in [-0.2, -0.15) is 0 Å². The summed E-state index contributed by atoms with van der Waals surface area (Å²) >= 11 is 0. The molecule has 3 fully saturated rings. The molecule has 0 spiro atoms. The summed E-state index contributed by atoms with van der Waals surface area (Å²) in [6.07, 6.45) is 4.92. The lowest BCUT2D eigenvalue weighted by Crippen LogP contribution is -2.57. The van der Waals surface area contributed by atoms with Crippen LogP contribution in [0.3, 0.4) is 0 Å². The Morgan fingerprint density at radius 3 is 1.84 bits per heavy atom. The average Bonchev–Trinajstić information content (AvgIpc) is 4.06. The quantitative estimate of drug-likeness (QED) is 0.0980. The van der Waals surface area contributed by atoms with Crippen molar-refractivity contribution in [3.05, 3.63) is 0 Å². The summed E-state index contributed by atoms with van der Waals surface area (Å²) in [6, 6.07) is -4.78. The lowest BCUT2D eigenvalue weighted by atomic mass is 9.90. The van der Waals surface area contributed by atoms with E-state index >= 15 is 0 Å². The fraction of sp³-hybridized carbons (Fsp3) is 0.815. The molecule has 3 N–H and O–H groups in total. The van der Waals surface area contributed by atoms with Crippen LogP contribution < -0.4 is 16.0 Å². The van der Waals surface area contributed by atoms with Crippen molar-refractivity contribution in [3.8, 4) is 0 Å². The maximum absolute atomic E-state index is 14.1. The minimum atomic E-state index is -1.01. The predicted octanol–water partition coefficient (Wildman–Crippen LogP) is 3.39. The number of likely N-dealkylation sites (N-methyl/N-ethyl adjacent to an activating group) is 3. The number of hydrogen-bond acceptors (Lipinski definition) is 12. The molecule has 0 saturated carbocycles. The predicted molar refractivity (Wildman–Crippen MR) is 277 cm³/mol. The second-order valence-corrected chi connectivity index (χ2v) is 22.4. The lowest BCUT2D eigenvalue weighted by Gasteiger charge is -2.33. The number of Topliss-reactive ketones (excluding diaryl/α,β-unsaturated/α-hetero) is 3. The molecule has 3 heterocycles. The number of nitrogens with zero attached hydrogens (tertiary/aromatic N) is 5. The zero-order chi connectivity index (χ0) is 54.9. The smallest absolute Gasteiger partial charge is 0.245 e. The van der Waals surface area contributed by atoms with Crippen molar-refractivity contribution in [3.63, 3.8) is 0 Å². The molecule has 73 heavy (non-hydrogen) atoms. The third-order valence-electron chi connectivity index (χ3n) is 14.8. The first kappa shape index (κ1) is 62.5. The monoisotopic (exact) mass is 1030 g/mol. The number of likely N-dealkylation sites (tertiary alicyclic amines) is 1. The van der Waals surface area contributed by atoms with Gasteiger partial charge < -0.3 is 45.2 Å². The van der Waals surface area contributed by atoms with Crippen LogP contribution in [0.1, 0.15) is 147 Å². The maximum atomic E-state index is 14.1. The van der Waals surface area contributed by atoms with Crippen LogP contribution in [0.2, 0.25) is 0 Å². The van der Waals surface area contributed by atoms with E-state index in [2.05, 4.69) is 16.0 Å². The van der Waals surface area contributed by atoms with Gasteiger partial charge in [-0.25, -0.2) is 0 Å². The van der Waals surface area contributed by atoms with Gasteiger partial charge >= 0.3 is 0 Å². The number of ketones is 3. The molecule has 3 aliphatic heterocycles. The molecule has 0 aromatic rings. The highest BCUT2D eigenvalue weighted by molar-refractivity contribution is 5.97. The number of rotatable bonds is 29. The van der Waals surface area contributed by atoms with Crippen molar-refractivity contribution in [1.29, 1.82) is 0 Å². The summed E-state index contributed by atoms with van der Waals surface area (Å²) in [7, 11) is 3.00. The fourth-order valence-corrected chi connectivity index (χ4v) is 10.2. The molecule has 0 aromatic heterocycles. The van der Waals surface area contributed by atoms with Gasteiger partial charge in [0.15, 0.2) is 17.3 Å². The highest BCUT2D eigenvalue weighted by Crippen LogP contribution is 2.26. The first-order chi connectivity index (χ1) is 34.3. The highest BCUT2D eigenvalue weighted by Gasteiger charge is 2.41. The lowest BCUT2D eigenvalue weighted by molar-refractivity contribution is -0.148. The third kappa shape index (κ3) is 19.1. The first-order valence-electron chi connectivity index (χ1n) is 27.1. The number of carbonyl (C=O) groups is 10. The number of amides is 7. The Morgan fingerprint density at radius 2 is 1.27 bits per heavy atom. The van der Waals surface area contributed by atoms with E-state index < -0.39 is 71.6 Å². The Balaban J connectivity index is 1.64. The van der Waals surface area contributed by atoms with Gasteiger partial charge in [0, 0.05) is 71.6 Å². The van der Waals surface area contributed by atoms with E-state index in [-0.39, 0.29) is 104 Å². The molecule has 3 rings (SSSR count). The molecule has 0 bridgehead atoms. The van der Waals surface area contributed by atoms with E-state index in [1.807, 2.05) is 41.5 Å². The van der Waals surface area contributed by atoms with Gasteiger partial charge in [-0.1, -0.05) is 48.5 Å². The molecule has 19 nitrogen and oxygen atoms in total. The van der Waals surface area contributed by atoms with Gasteiger partial charge in [0.25, 0.3) is 0 Å². The van der Waals surface area contributed by atoms with Gasteiger partial charge in [-0.15, -0.1) is 0 Å². The van der Waals surface area contributed by atoms with Crippen LogP contribution in [-0.4, -0.2) is 186 Å². The Morgan fingerprint density at radius 1 is 0.671 bits per heavy atom. The Hall–Kier alpha value is -4.78. The van der Waals surface area contributed by atoms with Gasteiger partial charge in [0.1, 0.15) is 18.1 Å². The van der Waals surface area contributed by atoms with Crippen molar-refractivity contribution < 1.29 is 52.7 Å². The molecule has 0 radical (unpaired) electrons. The van der Waals surface area contributed by atoms with Crippen molar-refractivity contribution >= 4 is 58.7 Å². The molecular formula is C54H92N8O11. The van der Waals surface area contributed by atoms with Crippen molar-refractivity contribution in [1.82, 2.24) is 40.4 Å². The Labute approximate surface area is 435 Å². The maximum Gasteiger partial charge on any atom is 0.245 e. The van der Waals surface area contributed by atoms with Crippen LogP contribution in [0.4, 0.5) is 0 Å². The van der Waals surface area contributed by atoms with E-state index in [4.69, 9.17) is 4.74 Å². The zero-order valence-electron chi connectivity index (χ0n) is 46.6. The summed E-state index contributed by atoms with van der Waals surface area (Å²) < 4.78 is 5.52. The molecule has 0 unspecified atom stereocenters. The van der Waals surface area contributed by atoms with Crippen LogP contribution >= 0.6 is 0 Å². The van der Waals surface area contributed by atoms with Crippen LogP contribution in [0, 0.1) is 35.5 Å². The van der Waals surface area contributed by atoms with Crippen molar-refractivity contribution in [2.45, 2.75) is 183 Å². The van der Waals surface area contributed by atoms with Gasteiger partial charge in [0.2, 0.25) is 41.4 Å². The van der Waals surface area contributed by atoms with E-state index in [1.165, 1.54) is 40.6 Å². The molecule has 0 aliphatic carbocycles. The van der Waals surface area contributed by atoms with Crippen LogP contribution in [0.25, 0.3) is 0 Å². The normalized spacial score (nSPS) is 19.6. The number of nitrogens with one attached hydrogen (secondary N) is 3. The van der Waals surface area contributed by atoms with E-state index in [0.717, 1.165) is 25.8 Å². The second kappa shape index (κ2) is 29.9. The standard InChI is InChI=1S/C54H92N8O11/c1-14-60(32-48(66)56-45(27-35(6)7)52(70)59(13)38(10)49(67)57-44(39(11)63)26-34(4)5)54(72)46-18-16-22-62(46)50(68)36(8)28-47(65)37(9)58(12)51(69)41(25-33(2)3)29-42(64)31-61(30-40-19-23-73-24-20-40)53(71)43-17-15-21-55-43/h33-38,40-41,43-46,55H,14-32H2,1-13H3,(H,56,66)(H,57,67)/t36-,37+,38+,41-,43-,44+,45+,46-/m1/s1. The van der Waals surface area contributed by atoms with E-state index in [1.54, 1.807) is 32.6 Å². The van der Waals surface area contributed by atoms with E-state index in [9.17, 15) is 47.9 Å². The van der Waals surface area contributed by atoms with E-state index in [0.29, 0.717) is 51.9 Å². The average molecular weight is 1030 g/mol. The van der Waals surface area contributed by atoms with Gasteiger partial charge in [-0.05, 0) is 116 Å². The summed E-state index contributed by atoms with van der Waals surface area (Å²) in [4.78, 5) is 144. The fourth-order valence-electron chi connectivity index (χ4n) is 10.2. The summed E-state index contributed by atoms with van der Waals surface area (Å²) in [5, 5.41) is 8.80. The molecule has 3 saturated heterocycles. The molecular weight excluding hydrogens is 937 g/mol. The molecule has 0 aromatic carbocycles. The van der Waals surface area contributed by atoms with Gasteiger partial charge in [0.05, 0.1) is 31.2 Å². The SMILES string of the molecule is CCN(CC(=O)N[C@@H](CC(C)C)C(=O)N(C)[C@@H](C)C(=O)N[C@@H](CC(C)C)C(C)=O)C(=O)[C@H]1CCCN1C(=O)[C@H](C)CC(=O)[C@H](C)N(C)C(=O)[C@@H](CC(=O)CN(CC1CCOCC1)C(=O)[C@H]1CCCN1)CC(C)C. The summed E-state index contributed by atoms with van der Waals surface area (Å²) in [5.74, 6) is -4.78. The first-order valence-corrected chi connectivity index (χ1v) is 27.1. The molecule has 8 atom stereocenters. The van der Waals surface area contributed by atoms with Crippen LogP contribution in [0.5, 0.6) is 0 Å². The topological polar surface area (TPSA) is 232 Å². The second-order valence-electron chi connectivity index (χ2n) is 22.4. The van der Waals surface area contributed by atoms with Crippen LogP contribution in [-0.2, 0) is 52.7 Å². The summed E-state index contributed by atoms with van der Waals surface area (Å²) in [5.41, 5.74) is 0. The number of ether oxygens (including phenoxy) is 1. The van der Waals surface area contributed by atoms with Gasteiger partial charge in [-0.3, -0.25) is 47.9 Å². The number of carbonyl (C=O) groups excluding carboxylic acids is 10. The minimum absolute atomic E-state index is 0.0240. The molecule has 414 valence electrons. The zero-order valence-corrected chi connectivity index (χ0v) is 46.6. The summed E-state index contributed by atoms with van der Waals surface area (Å²) in [6.45, 7) is 21.9. The molecule has 7 amide bonds. The molecule has 3 aliphatic rings. The van der Waals surface area contributed by atoms with Crippen molar-refractivity contribution in [2.24, 2.45) is 35.5 Å². The molecule has 19 heteroatoms. The Bertz CT molecular complexity index is 1910. The van der Waals surface area contributed by atoms with Crippen molar-refractivity contribution in [2.75, 3.05) is 66.6 Å². The minimum Gasteiger partial charge on any atom is -0.381 e. The number of hydrogen-bond donors (Lipinski definition) is 3. The largest absolute Gasteiger partial charge is 0.381 e. The highest BCUT2D eigenvalue weighted by atomic mass is 16.5.